The number of nitro groups is 1. The topological polar surface area (TPSA) is 93.8 Å². The van der Waals surface area contributed by atoms with Crippen molar-refractivity contribution in [1.29, 1.82) is 0 Å². The average Bonchev–Trinajstić information content (AvgIpc) is 2.61. The predicted octanol–water partition coefficient (Wildman–Crippen LogP) is 4.86. The molecule has 0 saturated carbocycles. The first-order valence-corrected chi connectivity index (χ1v) is 8.84. The van der Waals surface area contributed by atoms with Gasteiger partial charge in [-0.15, -0.1) is 0 Å². The number of hydrogen-bond acceptors (Lipinski definition) is 5. The summed E-state index contributed by atoms with van der Waals surface area (Å²) in [5, 5.41) is 15.7. The highest BCUT2D eigenvalue weighted by atomic mass is 35.5. The maximum Gasteiger partial charge on any atom is 0.270 e. The Bertz CT molecular complexity index is 874. The minimum atomic E-state index is -0.542. The van der Waals surface area contributed by atoms with Crippen molar-refractivity contribution in [2.75, 3.05) is 6.61 Å². The molecule has 0 heterocycles. The maximum absolute atomic E-state index is 11.8. The lowest BCUT2D eigenvalue weighted by Gasteiger charge is -2.07. The number of nitrogens with zero attached hydrogens (tertiary/aromatic N) is 2. The number of amides is 1. The smallest absolute Gasteiger partial charge is 0.270 e. The van der Waals surface area contributed by atoms with Gasteiger partial charge in [-0.3, -0.25) is 14.9 Å². The van der Waals surface area contributed by atoms with Gasteiger partial charge in [0.25, 0.3) is 5.69 Å². The minimum Gasteiger partial charge on any atom is -0.492 e. The van der Waals surface area contributed by atoms with Crippen LogP contribution in [0.3, 0.4) is 0 Å². The molecule has 0 aliphatic rings. The number of nitro benzene ring substituents is 1. The number of halogens is 3. The fraction of sp³-hybridized carbons (Fsp3) is 0.176. The summed E-state index contributed by atoms with van der Waals surface area (Å²) in [4.78, 5) is 22.0. The molecule has 0 spiro atoms. The Labute approximate surface area is 170 Å². The van der Waals surface area contributed by atoms with Crippen LogP contribution in [0.2, 0.25) is 15.1 Å². The van der Waals surface area contributed by atoms with Crippen molar-refractivity contribution < 1.29 is 14.5 Å². The van der Waals surface area contributed by atoms with Gasteiger partial charge in [0.15, 0.2) is 0 Å². The molecule has 27 heavy (non-hydrogen) atoms. The third-order valence-electron chi connectivity index (χ3n) is 3.28. The molecular formula is C17H14Cl3N3O4. The quantitative estimate of drug-likeness (QED) is 0.280. The third kappa shape index (κ3) is 6.71. The summed E-state index contributed by atoms with van der Waals surface area (Å²) >= 11 is 17.7. The van der Waals surface area contributed by atoms with Crippen LogP contribution in [-0.4, -0.2) is 23.7 Å². The van der Waals surface area contributed by atoms with E-state index < -0.39 is 4.92 Å². The molecule has 0 atom stereocenters. The molecule has 0 fully saturated rings. The summed E-state index contributed by atoms with van der Waals surface area (Å²) in [6.07, 6.45) is 1.86. The van der Waals surface area contributed by atoms with Crippen molar-refractivity contribution in [3.8, 4) is 5.75 Å². The molecule has 2 aromatic carbocycles. The number of ether oxygens (including phenoxy) is 1. The number of benzene rings is 2. The van der Waals surface area contributed by atoms with Crippen molar-refractivity contribution in [3.05, 3.63) is 67.1 Å². The zero-order valence-electron chi connectivity index (χ0n) is 13.8. The average molecular weight is 431 g/mol. The van der Waals surface area contributed by atoms with Crippen molar-refractivity contribution >= 4 is 52.6 Å². The van der Waals surface area contributed by atoms with Crippen LogP contribution in [0.15, 0.2) is 41.5 Å². The van der Waals surface area contributed by atoms with Crippen LogP contribution < -0.4 is 10.2 Å². The molecule has 0 unspecified atom stereocenters. The molecule has 0 aliphatic heterocycles. The predicted molar refractivity (Wildman–Crippen MR) is 105 cm³/mol. The highest BCUT2D eigenvalue weighted by Gasteiger charge is 2.08. The Kier molecular flexibility index (Phi) is 7.84. The first-order valence-electron chi connectivity index (χ1n) is 7.70. The second-order valence-electron chi connectivity index (χ2n) is 5.28. The lowest BCUT2D eigenvalue weighted by Crippen LogP contribution is -2.18. The highest BCUT2D eigenvalue weighted by molar-refractivity contribution is 6.35. The standard InChI is InChI=1S/C17H14Cl3N3O4/c18-12-3-6-16(15(20)9-12)27-7-1-2-17(24)22-21-10-11-8-13(23(25)26)4-5-14(11)19/h3-6,8-10H,1-2,7H2,(H,22,24). The molecular weight excluding hydrogens is 417 g/mol. The van der Waals surface area contributed by atoms with Crippen molar-refractivity contribution in [2.45, 2.75) is 12.8 Å². The van der Waals surface area contributed by atoms with Crippen molar-refractivity contribution in [1.82, 2.24) is 5.43 Å². The van der Waals surface area contributed by atoms with Gasteiger partial charge in [-0.25, -0.2) is 5.43 Å². The van der Waals surface area contributed by atoms with Gasteiger partial charge in [0.05, 0.1) is 22.8 Å². The highest BCUT2D eigenvalue weighted by Crippen LogP contribution is 2.27. The fourth-order valence-corrected chi connectivity index (χ4v) is 2.61. The summed E-state index contributed by atoms with van der Waals surface area (Å²) in [6.45, 7) is 0.287. The van der Waals surface area contributed by atoms with Gasteiger partial charge >= 0.3 is 0 Å². The van der Waals surface area contributed by atoms with Gasteiger partial charge in [-0.2, -0.15) is 5.10 Å². The second-order valence-corrected chi connectivity index (χ2v) is 6.53. The Morgan fingerprint density at radius 2 is 1.96 bits per heavy atom. The van der Waals surface area contributed by atoms with Gasteiger partial charge < -0.3 is 4.74 Å². The molecule has 0 aliphatic carbocycles. The Balaban J connectivity index is 1.77. The van der Waals surface area contributed by atoms with E-state index in [2.05, 4.69) is 10.5 Å². The molecule has 10 heteroatoms. The molecule has 1 N–H and O–H groups in total. The monoisotopic (exact) mass is 429 g/mol. The normalized spacial score (nSPS) is 10.8. The van der Waals surface area contributed by atoms with E-state index >= 15 is 0 Å². The first kappa shape index (κ1) is 21.0. The Morgan fingerprint density at radius 3 is 2.67 bits per heavy atom. The molecule has 0 radical (unpaired) electrons. The van der Waals surface area contributed by atoms with Gasteiger partial charge in [0.2, 0.25) is 5.91 Å². The van der Waals surface area contributed by atoms with E-state index in [1.54, 1.807) is 18.2 Å². The SMILES string of the molecule is O=C(CCCOc1ccc(Cl)cc1Cl)NN=Cc1cc([N+](=O)[O-])ccc1Cl. The zero-order valence-corrected chi connectivity index (χ0v) is 16.1. The van der Waals surface area contributed by atoms with E-state index in [1.807, 2.05) is 0 Å². The Morgan fingerprint density at radius 1 is 1.19 bits per heavy atom. The molecule has 2 rings (SSSR count). The van der Waals surface area contributed by atoms with Crippen molar-refractivity contribution in [2.24, 2.45) is 5.10 Å². The van der Waals surface area contributed by atoms with Crippen LogP contribution in [-0.2, 0) is 4.79 Å². The third-order valence-corrected chi connectivity index (χ3v) is 4.16. The van der Waals surface area contributed by atoms with E-state index in [9.17, 15) is 14.9 Å². The van der Waals surface area contributed by atoms with E-state index in [-0.39, 0.29) is 29.6 Å². The van der Waals surface area contributed by atoms with Crippen LogP contribution in [0.25, 0.3) is 0 Å². The minimum absolute atomic E-state index is 0.120. The number of hydrazone groups is 1. The van der Waals surface area contributed by atoms with E-state index in [1.165, 1.54) is 24.4 Å². The van der Waals surface area contributed by atoms with Crippen LogP contribution >= 0.6 is 34.8 Å². The summed E-state index contributed by atoms with van der Waals surface area (Å²) in [6, 6.07) is 8.81. The number of nitrogens with one attached hydrogen (secondary N) is 1. The number of rotatable bonds is 8. The number of carbonyl (C=O) groups is 1. The lowest BCUT2D eigenvalue weighted by molar-refractivity contribution is -0.384. The van der Waals surface area contributed by atoms with E-state index in [4.69, 9.17) is 39.5 Å². The van der Waals surface area contributed by atoms with E-state index in [0.29, 0.717) is 27.8 Å². The largest absolute Gasteiger partial charge is 0.492 e. The maximum atomic E-state index is 11.8. The summed E-state index contributed by atoms with van der Waals surface area (Å²) in [5.74, 6) is 0.151. The van der Waals surface area contributed by atoms with Crippen LogP contribution in [0.4, 0.5) is 5.69 Å². The van der Waals surface area contributed by atoms with Crippen molar-refractivity contribution in [3.63, 3.8) is 0 Å². The molecule has 1 amide bonds. The number of carbonyl (C=O) groups excluding carboxylic acids is 1. The van der Waals surface area contributed by atoms with Gasteiger partial charge in [-0.05, 0) is 30.7 Å². The molecule has 0 saturated heterocycles. The second kappa shape index (κ2) is 10.1. The van der Waals surface area contributed by atoms with Gasteiger partial charge in [0.1, 0.15) is 5.75 Å². The zero-order chi connectivity index (χ0) is 19.8. The summed E-state index contributed by atoms with van der Waals surface area (Å²) in [5.41, 5.74) is 2.53. The fourth-order valence-electron chi connectivity index (χ4n) is 1.98. The van der Waals surface area contributed by atoms with Crippen LogP contribution in [0.5, 0.6) is 5.75 Å². The van der Waals surface area contributed by atoms with Gasteiger partial charge in [-0.1, -0.05) is 34.8 Å². The molecule has 0 aromatic heterocycles. The molecule has 7 nitrogen and oxygen atoms in total. The Hall–Kier alpha value is -2.35. The number of hydrogen-bond donors (Lipinski definition) is 1. The summed E-state index contributed by atoms with van der Waals surface area (Å²) in [7, 11) is 0. The van der Waals surface area contributed by atoms with E-state index in [0.717, 1.165) is 0 Å². The summed E-state index contributed by atoms with van der Waals surface area (Å²) < 4.78 is 5.48. The van der Waals surface area contributed by atoms with Crippen LogP contribution in [0, 0.1) is 10.1 Å². The molecule has 0 bridgehead atoms. The molecule has 2 aromatic rings. The lowest BCUT2D eigenvalue weighted by atomic mass is 10.2. The first-order chi connectivity index (χ1) is 12.9. The molecule has 142 valence electrons. The van der Waals surface area contributed by atoms with Gasteiger partial charge in [0, 0.05) is 34.2 Å². The van der Waals surface area contributed by atoms with Crippen LogP contribution in [0.1, 0.15) is 18.4 Å². The number of non-ortho nitro benzene ring substituents is 1.